The number of fused-ring (bicyclic) bond motifs is 1. The Labute approximate surface area is 119 Å². The van der Waals surface area contributed by atoms with Crippen molar-refractivity contribution in [3.8, 4) is 6.07 Å². The number of aromatic nitrogens is 2. The van der Waals surface area contributed by atoms with Gasteiger partial charge in [-0.05, 0) is 43.9 Å². The van der Waals surface area contributed by atoms with E-state index >= 15 is 0 Å². The van der Waals surface area contributed by atoms with E-state index in [0.29, 0.717) is 0 Å². The Hall–Kier alpha value is -2.08. The van der Waals surface area contributed by atoms with E-state index in [2.05, 4.69) is 48.4 Å². The number of rotatable bonds is 3. The molecule has 0 fully saturated rings. The second kappa shape index (κ2) is 4.79. The first-order valence-corrected chi connectivity index (χ1v) is 7.17. The molecule has 0 saturated carbocycles. The molecule has 0 unspecified atom stereocenters. The fourth-order valence-corrected chi connectivity index (χ4v) is 3.30. The van der Waals surface area contributed by atoms with E-state index in [-0.39, 0.29) is 5.41 Å². The largest absolute Gasteiger partial charge is 0.270 e. The third-order valence-electron chi connectivity index (χ3n) is 4.22. The summed E-state index contributed by atoms with van der Waals surface area (Å²) in [6.45, 7) is 4.97. The van der Waals surface area contributed by atoms with Gasteiger partial charge in [-0.25, -0.2) is 0 Å². The zero-order valence-electron chi connectivity index (χ0n) is 12.1. The van der Waals surface area contributed by atoms with Crippen LogP contribution in [0, 0.1) is 23.7 Å². The van der Waals surface area contributed by atoms with Gasteiger partial charge in [0.25, 0.3) is 0 Å². The minimum Gasteiger partial charge on any atom is -0.270 e. The smallest absolute Gasteiger partial charge is 0.0709 e. The molecule has 0 amide bonds. The van der Waals surface area contributed by atoms with Gasteiger partial charge < -0.3 is 0 Å². The zero-order chi connectivity index (χ0) is 14.2. The van der Waals surface area contributed by atoms with E-state index in [4.69, 9.17) is 0 Å². The number of hydrogen-bond donors (Lipinski definition) is 0. The average Bonchev–Trinajstić information content (AvgIpc) is 2.99. The Morgan fingerprint density at radius 3 is 2.50 bits per heavy atom. The zero-order valence-corrected chi connectivity index (χ0v) is 12.1. The van der Waals surface area contributed by atoms with Gasteiger partial charge in [-0.3, -0.25) is 4.68 Å². The minimum absolute atomic E-state index is 0.303. The molecular weight excluding hydrogens is 246 g/mol. The van der Waals surface area contributed by atoms with Gasteiger partial charge in [0.1, 0.15) is 0 Å². The van der Waals surface area contributed by atoms with Crippen LogP contribution in [0.4, 0.5) is 0 Å². The molecule has 0 radical (unpaired) electrons. The Morgan fingerprint density at radius 1 is 1.30 bits per heavy atom. The predicted molar refractivity (Wildman–Crippen MR) is 78.2 cm³/mol. The monoisotopic (exact) mass is 265 g/mol. The molecule has 1 aliphatic rings. The molecule has 0 spiro atoms. The van der Waals surface area contributed by atoms with Crippen molar-refractivity contribution >= 4 is 0 Å². The van der Waals surface area contributed by atoms with Gasteiger partial charge in [-0.1, -0.05) is 24.3 Å². The highest BCUT2D eigenvalue weighted by atomic mass is 15.3. The molecule has 102 valence electrons. The number of hydrogen-bond acceptors (Lipinski definition) is 2. The van der Waals surface area contributed by atoms with Gasteiger partial charge in [0.15, 0.2) is 0 Å². The van der Waals surface area contributed by atoms with Crippen LogP contribution in [-0.4, -0.2) is 9.78 Å². The van der Waals surface area contributed by atoms with Crippen LogP contribution >= 0.6 is 0 Å². The van der Waals surface area contributed by atoms with Gasteiger partial charge in [-0.2, -0.15) is 10.4 Å². The van der Waals surface area contributed by atoms with Crippen LogP contribution < -0.4 is 0 Å². The van der Waals surface area contributed by atoms with Crippen LogP contribution in [0.25, 0.3) is 0 Å². The number of nitrogens with zero attached hydrogens (tertiary/aromatic N) is 3. The van der Waals surface area contributed by atoms with E-state index in [9.17, 15) is 5.26 Å². The molecule has 0 aliphatic heterocycles. The molecule has 3 rings (SSSR count). The summed E-state index contributed by atoms with van der Waals surface area (Å²) in [6.07, 6.45) is 2.49. The lowest BCUT2D eigenvalue weighted by molar-refractivity contribution is 0.401. The molecule has 0 saturated heterocycles. The Kier molecular flexibility index (Phi) is 3.10. The second-order valence-electron chi connectivity index (χ2n) is 5.78. The van der Waals surface area contributed by atoms with Crippen molar-refractivity contribution in [2.75, 3.05) is 0 Å². The summed E-state index contributed by atoms with van der Waals surface area (Å²) in [4.78, 5) is 0. The normalized spacial score (nSPS) is 15.8. The lowest BCUT2D eigenvalue weighted by Crippen LogP contribution is -2.24. The molecule has 20 heavy (non-hydrogen) atoms. The highest BCUT2D eigenvalue weighted by Crippen LogP contribution is 2.39. The van der Waals surface area contributed by atoms with Crippen LogP contribution in [0.5, 0.6) is 0 Å². The quantitative estimate of drug-likeness (QED) is 0.856. The lowest BCUT2D eigenvalue weighted by Gasteiger charge is -2.20. The van der Waals surface area contributed by atoms with E-state index in [1.807, 2.05) is 11.6 Å². The molecule has 1 aromatic carbocycles. The summed E-state index contributed by atoms with van der Waals surface area (Å²) in [7, 11) is 0. The maximum Gasteiger partial charge on any atom is 0.0709 e. The van der Waals surface area contributed by atoms with Gasteiger partial charge in [0.05, 0.1) is 17.2 Å². The van der Waals surface area contributed by atoms with E-state index < -0.39 is 0 Å². The van der Waals surface area contributed by atoms with Crippen molar-refractivity contribution < 1.29 is 0 Å². The van der Waals surface area contributed by atoms with Crippen molar-refractivity contribution in [2.24, 2.45) is 5.41 Å². The summed E-state index contributed by atoms with van der Waals surface area (Å²) in [5.41, 5.74) is 4.56. The minimum atomic E-state index is -0.303. The van der Waals surface area contributed by atoms with Crippen LogP contribution in [0.3, 0.4) is 0 Å². The van der Waals surface area contributed by atoms with Crippen molar-refractivity contribution in [2.45, 2.75) is 39.7 Å². The van der Waals surface area contributed by atoms with E-state index in [1.54, 1.807) is 0 Å². The molecule has 1 heterocycles. The van der Waals surface area contributed by atoms with Crippen molar-refractivity contribution in [1.29, 1.82) is 5.26 Å². The molecule has 3 nitrogen and oxygen atoms in total. The molecule has 2 aromatic rings. The van der Waals surface area contributed by atoms with E-state index in [1.165, 1.54) is 16.8 Å². The van der Waals surface area contributed by atoms with Crippen LogP contribution in [-0.2, 0) is 25.8 Å². The Morgan fingerprint density at radius 2 is 1.95 bits per heavy atom. The first-order chi connectivity index (χ1) is 9.65. The number of aryl methyl sites for hydroxylation is 2. The third-order valence-corrected chi connectivity index (χ3v) is 4.22. The van der Waals surface area contributed by atoms with Crippen LogP contribution in [0.2, 0.25) is 0 Å². The molecular formula is C17H19N3. The average molecular weight is 265 g/mol. The third kappa shape index (κ3) is 2.12. The van der Waals surface area contributed by atoms with Crippen LogP contribution in [0.15, 0.2) is 30.3 Å². The maximum absolute atomic E-state index is 9.74. The molecule has 0 N–H and O–H groups in total. The first-order valence-electron chi connectivity index (χ1n) is 7.17. The first kappa shape index (κ1) is 12.9. The van der Waals surface area contributed by atoms with E-state index in [0.717, 1.165) is 31.5 Å². The summed E-state index contributed by atoms with van der Waals surface area (Å²) in [5.74, 6) is 0. The molecule has 3 heteroatoms. The van der Waals surface area contributed by atoms with Crippen molar-refractivity contribution in [1.82, 2.24) is 9.78 Å². The molecule has 0 atom stereocenters. The summed E-state index contributed by atoms with van der Waals surface area (Å²) in [6, 6.07) is 13.1. The van der Waals surface area contributed by atoms with Crippen LogP contribution in [0.1, 0.15) is 29.4 Å². The highest BCUT2D eigenvalue weighted by Gasteiger charge is 2.38. The fraction of sp³-hybridized carbons (Fsp3) is 0.412. The Bertz CT molecular complexity index is 651. The van der Waals surface area contributed by atoms with Crippen molar-refractivity contribution in [3.63, 3.8) is 0 Å². The van der Waals surface area contributed by atoms with Gasteiger partial charge in [-0.15, -0.1) is 0 Å². The standard InChI is InChI=1S/C17H19N3/c1-3-20-16(8-13(2)19-20)11-17(12-18)9-14-6-4-5-7-15(14)10-17/h4-8H,3,9-11H2,1-2H3. The number of nitriles is 1. The van der Waals surface area contributed by atoms with Crippen molar-refractivity contribution in [3.05, 3.63) is 52.8 Å². The lowest BCUT2D eigenvalue weighted by atomic mass is 9.81. The molecule has 0 bridgehead atoms. The second-order valence-corrected chi connectivity index (χ2v) is 5.78. The fourth-order valence-electron chi connectivity index (χ4n) is 3.30. The molecule has 1 aliphatic carbocycles. The summed E-state index contributed by atoms with van der Waals surface area (Å²) in [5, 5.41) is 14.2. The summed E-state index contributed by atoms with van der Waals surface area (Å²) < 4.78 is 2.03. The van der Waals surface area contributed by atoms with Gasteiger partial charge in [0.2, 0.25) is 0 Å². The summed E-state index contributed by atoms with van der Waals surface area (Å²) >= 11 is 0. The predicted octanol–water partition coefficient (Wildman–Crippen LogP) is 3.06. The topological polar surface area (TPSA) is 41.6 Å². The number of benzene rings is 1. The molecule has 1 aromatic heterocycles. The maximum atomic E-state index is 9.74. The highest BCUT2D eigenvalue weighted by molar-refractivity contribution is 5.38. The van der Waals surface area contributed by atoms with Gasteiger partial charge in [0, 0.05) is 18.7 Å². The SMILES string of the molecule is CCn1nc(C)cc1CC1(C#N)Cc2ccccc2C1. The van der Waals surface area contributed by atoms with Gasteiger partial charge >= 0.3 is 0 Å². The Balaban J connectivity index is 1.91.